The molecule has 0 saturated heterocycles. The number of aryl methyl sites for hydroxylation is 2. The van der Waals surface area contributed by atoms with E-state index in [4.69, 9.17) is 0 Å². The molecule has 7 heteroatoms. The number of nitrogens with zero attached hydrogens (tertiary/aromatic N) is 2. The Morgan fingerprint density at radius 2 is 1.95 bits per heavy atom. The van der Waals surface area contributed by atoms with Crippen LogP contribution >= 0.6 is 36.2 Å². The topological polar surface area (TPSA) is 45.2 Å². The maximum absolute atomic E-state index is 12.3. The number of rotatable bonds is 6. The number of aromatic nitrogens is 1. The van der Waals surface area contributed by atoms with Gasteiger partial charge in [-0.05, 0) is 27.3 Å². The van der Waals surface area contributed by atoms with Crippen molar-refractivity contribution in [2.75, 3.05) is 20.6 Å². The predicted octanol–water partition coefficient (Wildman–Crippen LogP) is 3.23. The Bertz CT molecular complexity index is 440. The first-order valence-electron chi connectivity index (χ1n) is 6.79. The summed E-state index contributed by atoms with van der Waals surface area (Å²) < 4.78 is 0. The molecule has 1 N–H and O–H groups in total. The Morgan fingerprint density at radius 1 is 1.38 bits per heavy atom. The average Bonchev–Trinajstić information content (AvgIpc) is 2.77. The van der Waals surface area contributed by atoms with Gasteiger partial charge in [0.1, 0.15) is 0 Å². The van der Waals surface area contributed by atoms with E-state index in [0.29, 0.717) is 6.54 Å². The van der Waals surface area contributed by atoms with Crippen LogP contribution in [0.25, 0.3) is 0 Å². The lowest BCUT2D eigenvalue weighted by Crippen LogP contribution is -2.37. The number of hydrogen-bond donors (Lipinski definition) is 1. The third-order valence-electron chi connectivity index (χ3n) is 3.42. The minimum Gasteiger partial charge on any atom is -0.338 e. The molecule has 2 unspecified atom stereocenters. The summed E-state index contributed by atoms with van der Waals surface area (Å²) in [4.78, 5) is 19.9. The maximum Gasteiger partial charge on any atom is 0.226 e. The quantitative estimate of drug-likeness (QED) is 0.851. The van der Waals surface area contributed by atoms with Crippen molar-refractivity contribution in [1.82, 2.24) is 15.2 Å². The number of carbonyl (C=O) groups excluding carboxylic acids is 1. The molecule has 0 fully saturated rings. The lowest BCUT2D eigenvalue weighted by Gasteiger charge is -2.27. The largest absolute Gasteiger partial charge is 0.338 e. The van der Waals surface area contributed by atoms with Crippen molar-refractivity contribution in [3.63, 3.8) is 0 Å². The molecule has 1 rings (SSSR count). The Kier molecular flexibility index (Phi) is 11.3. The molecule has 0 aliphatic heterocycles. The van der Waals surface area contributed by atoms with Crippen LogP contribution in [0.15, 0.2) is 0 Å². The van der Waals surface area contributed by atoms with E-state index in [0.717, 1.165) is 17.1 Å². The van der Waals surface area contributed by atoms with E-state index in [1.165, 1.54) is 4.88 Å². The Hall–Kier alpha value is -0.360. The second-order valence-electron chi connectivity index (χ2n) is 4.99. The standard InChI is InChI=1S/C14H25N3OS.2ClH/c1-7-12-16-10(3)13(19-12)11(4)17(6)14(18)9(2)8-15-5;;/h9,11,15H,7-8H2,1-6H3;2*1H. The molecular weight excluding hydrogens is 329 g/mol. The normalized spacial score (nSPS) is 12.9. The van der Waals surface area contributed by atoms with Crippen molar-refractivity contribution in [3.05, 3.63) is 15.6 Å². The van der Waals surface area contributed by atoms with Crippen LogP contribution in [0.3, 0.4) is 0 Å². The fraction of sp³-hybridized carbons (Fsp3) is 0.714. The summed E-state index contributed by atoms with van der Waals surface area (Å²) in [6.07, 6.45) is 0.950. The fourth-order valence-electron chi connectivity index (χ4n) is 2.11. The highest BCUT2D eigenvalue weighted by Crippen LogP contribution is 2.29. The minimum absolute atomic E-state index is 0. The Morgan fingerprint density at radius 3 is 2.38 bits per heavy atom. The van der Waals surface area contributed by atoms with Crippen molar-refractivity contribution in [2.45, 2.75) is 40.2 Å². The highest BCUT2D eigenvalue weighted by molar-refractivity contribution is 7.11. The van der Waals surface area contributed by atoms with Gasteiger partial charge in [-0.3, -0.25) is 4.79 Å². The van der Waals surface area contributed by atoms with Gasteiger partial charge in [0.25, 0.3) is 0 Å². The van der Waals surface area contributed by atoms with Crippen LogP contribution in [0.4, 0.5) is 0 Å². The molecule has 1 aromatic rings. The first-order chi connectivity index (χ1) is 8.92. The highest BCUT2D eigenvalue weighted by Gasteiger charge is 2.24. The first-order valence-corrected chi connectivity index (χ1v) is 7.61. The Labute approximate surface area is 144 Å². The van der Waals surface area contributed by atoms with Crippen LogP contribution in [-0.4, -0.2) is 36.4 Å². The number of thiazole rings is 1. The third kappa shape index (κ3) is 5.74. The number of nitrogens with one attached hydrogen (secondary N) is 1. The van der Waals surface area contributed by atoms with E-state index in [9.17, 15) is 4.79 Å². The number of halogens is 2. The minimum atomic E-state index is -0.00340. The van der Waals surface area contributed by atoms with Gasteiger partial charge < -0.3 is 10.2 Å². The molecule has 1 aromatic heterocycles. The molecule has 4 nitrogen and oxygen atoms in total. The molecule has 0 saturated carbocycles. The zero-order valence-corrected chi connectivity index (χ0v) is 16.0. The molecule has 0 bridgehead atoms. The SMILES string of the molecule is CCc1nc(C)c(C(C)N(C)C(=O)C(C)CNC)s1.Cl.Cl. The molecule has 0 aliphatic carbocycles. The van der Waals surface area contributed by atoms with Gasteiger partial charge in [0, 0.05) is 24.4 Å². The molecule has 0 radical (unpaired) electrons. The molecular formula is C14H27Cl2N3OS. The molecule has 2 atom stereocenters. The van der Waals surface area contributed by atoms with Crippen LogP contribution in [0.5, 0.6) is 0 Å². The van der Waals surface area contributed by atoms with E-state index in [2.05, 4.69) is 24.1 Å². The van der Waals surface area contributed by atoms with Crippen molar-refractivity contribution >= 4 is 42.1 Å². The molecule has 0 aliphatic rings. The van der Waals surface area contributed by atoms with Gasteiger partial charge in [0.05, 0.1) is 16.7 Å². The molecule has 124 valence electrons. The molecule has 21 heavy (non-hydrogen) atoms. The number of amides is 1. The summed E-state index contributed by atoms with van der Waals surface area (Å²) >= 11 is 1.72. The van der Waals surface area contributed by atoms with Crippen LogP contribution in [0.1, 0.15) is 42.4 Å². The third-order valence-corrected chi connectivity index (χ3v) is 4.89. The molecule has 1 heterocycles. The first kappa shape index (κ1) is 22.9. The predicted molar refractivity (Wildman–Crippen MR) is 95.0 cm³/mol. The van der Waals surface area contributed by atoms with Crippen LogP contribution in [0.2, 0.25) is 0 Å². The second kappa shape index (κ2) is 10.4. The molecule has 1 amide bonds. The van der Waals surface area contributed by atoms with Crippen molar-refractivity contribution in [1.29, 1.82) is 0 Å². The van der Waals surface area contributed by atoms with E-state index in [1.807, 2.05) is 32.8 Å². The lowest BCUT2D eigenvalue weighted by molar-refractivity contribution is -0.135. The zero-order chi connectivity index (χ0) is 14.6. The smallest absolute Gasteiger partial charge is 0.226 e. The number of carbonyl (C=O) groups is 1. The van der Waals surface area contributed by atoms with Gasteiger partial charge in [-0.2, -0.15) is 0 Å². The van der Waals surface area contributed by atoms with Gasteiger partial charge in [0.15, 0.2) is 0 Å². The summed E-state index contributed by atoms with van der Waals surface area (Å²) in [5, 5.41) is 4.19. The van der Waals surface area contributed by atoms with E-state index in [-0.39, 0.29) is 42.7 Å². The van der Waals surface area contributed by atoms with Crippen LogP contribution in [0, 0.1) is 12.8 Å². The van der Waals surface area contributed by atoms with Gasteiger partial charge >= 0.3 is 0 Å². The van der Waals surface area contributed by atoms with Crippen molar-refractivity contribution in [2.24, 2.45) is 5.92 Å². The van der Waals surface area contributed by atoms with E-state index < -0.39 is 0 Å². The lowest BCUT2D eigenvalue weighted by atomic mass is 10.1. The summed E-state index contributed by atoms with van der Waals surface area (Å²) in [5.74, 6) is 0.170. The zero-order valence-electron chi connectivity index (χ0n) is 13.6. The maximum atomic E-state index is 12.3. The monoisotopic (exact) mass is 355 g/mol. The summed E-state index contributed by atoms with van der Waals surface area (Å²) in [7, 11) is 3.75. The average molecular weight is 356 g/mol. The van der Waals surface area contributed by atoms with Crippen molar-refractivity contribution < 1.29 is 4.79 Å². The van der Waals surface area contributed by atoms with E-state index >= 15 is 0 Å². The summed E-state index contributed by atoms with van der Waals surface area (Å²) in [6, 6.07) is 0.0876. The number of hydrogen-bond acceptors (Lipinski definition) is 4. The molecule has 0 aromatic carbocycles. The summed E-state index contributed by atoms with van der Waals surface area (Å²) in [5.41, 5.74) is 1.05. The van der Waals surface area contributed by atoms with Crippen LogP contribution < -0.4 is 5.32 Å². The van der Waals surface area contributed by atoms with Gasteiger partial charge in [0.2, 0.25) is 5.91 Å². The van der Waals surface area contributed by atoms with E-state index in [1.54, 1.807) is 11.3 Å². The highest BCUT2D eigenvalue weighted by atomic mass is 35.5. The summed E-state index contributed by atoms with van der Waals surface area (Å²) in [6.45, 7) is 8.87. The Balaban J connectivity index is 0. The van der Waals surface area contributed by atoms with Gasteiger partial charge in [-0.1, -0.05) is 13.8 Å². The van der Waals surface area contributed by atoms with Gasteiger partial charge in [-0.15, -0.1) is 36.2 Å². The van der Waals surface area contributed by atoms with Crippen molar-refractivity contribution in [3.8, 4) is 0 Å². The fourth-order valence-corrected chi connectivity index (χ4v) is 3.22. The van der Waals surface area contributed by atoms with Gasteiger partial charge in [-0.25, -0.2) is 4.98 Å². The van der Waals surface area contributed by atoms with Crippen LogP contribution in [-0.2, 0) is 11.2 Å². The second-order valence-corrected chi connectivity index (χ2v) is 6.11. The molecule has 0 spiro atoms.